The van der Waals surface area contributed by atoms with E-state index in [0.29, 0.717) is 18.0 Å². The Morgan fingerprint density at radius 3 is 3.04 bits per heavy atom. The molecule has 6 heteroatoms. The maximum atomic E-state index is 13.3. The van der Waals surface area contributed by atoms with Crippen LogP contribution in [-0.2, 0) is 6.54 Å². The Bertz CT molecular complexity index is 842. The van der Waals surface area contributed by atoms with Crippen LogP contribution >= 0.6 is 0 Å². The van der Waals surface area contributed by atoms with Gasteiger partial charge >= 0.3 is 0 Å². The van der Waals surface area contributed by atoms with Crippen LogP contribution in [0.2, 0.25) is 0 Å². The van der Waals surface area contributed by atoms with Gasteiger partial charge in [0.2, 0.25) is 5.89 Å². The summed E-state index contributed by atoms with van der Waals surface area (Å²) in [5.41, 5.74) is 2.37. The quantitative estimate of drug-likeness (QED) is 0.721. The molecule has 1 saturated heterocycles. The van der Waals surface area contributed by atoms with E-state index in [4.69, 9.17) is 8.94 Å². The number of nitrogens with zero attached hydrogens (tertiary/aromatic N) is 3. The van der Waals surface area contributed by atoms with Crippen LogP contribution < -0.4 is 0 Å². The normalized spacial score (nSPS) is 18.3. The van der Waals surface area contributed by atoms with Crippen LogP contribution in [0.1, 0.15) is 36.0 Å². The third kappa shape index (κ3) is 2.97. The van der Waals surface area contributed by atoms with Crippen molar-refractivity contribution in [1.29, 1.82) is 0 Å². The fourth-order valence-corrected chi connectivity index (χ4v) is 3.22. The molecule has 4 rings (SSSR count). The van der Waals surface area contributed by atoms with Gasteiger partial charge in [-0.15, -0.1) is 0 Å². The average Bonchev–Trinajstić information content (AvgIpc) is 3.28. The molecule has 0 bridgehead atoms. The summed E-state index contributed by atoms with van der Waals surface area (Å²) in [6, 6.07) is 8.48. The van der Waals surface area contributed by atoms with E-state index < -0.39 is 0 Å². The van der Waals surface area contributed by atoms with Crippen LogP contribution in [-0.4, -0.2) is 21.6 Å². The third-order valence-electron chi connectivity index (χ3n) is 4.33. The van der Waals surface area contributed by atoms with E-state index in [-0.39, 0.29) is 11.9 Å². The van der Waals surface area contributed by atoms with Gasteiger partial charge < -0.3 is 8.94 Å². The second-order valence-electron chi connectivity index (χ2n) is 6.15. The van der Waals surface area contributed by atoms with Gasteiger partial charge in [0, 0.05) is 18.2 Å². The molecule has 3 aromatic rings. The lowest BCUT2D eigenvalue weighted by Crippen LogP contribution is -2.22. The van der Waals surface area contributed by atoms with Gasteiger partial charge in [0.05, 0.1) is 17.4 Å². The van der Waals surface area contributed by atoms with Gasteiger partial charge in [-0.25, -0.2) is 9.37 Å². The average molecular weight is 327 g/mol. The van der Waals surface area contributed by atoms with Gasteiger partial charge in [0.1, 0.15) is 12.1 Å². The SMILES string of the molecule is Cc1cc([C@@H]2CCCN2Cc2coc(-c3cccc(F)c3)n2)on1. The zero-order chi connectivity index (χ0) is 16.5. The van der Waals surface area contributed by atoms with Crippen molar-refractivity contribution in [2.45, 2.75) is 32.4 Å². The molecule has 0 radical (unpaired) electrons. The van der Waals surface area contributed by atoms with E-state index in [2.05, 4.69) is 15.0 Å². The summed E-state index contributed by atoms with van der Waals surface area (Å²) in [4.78, 5) is 6.81. The molecule has 1 aliphatic rings. The highest BCUT2D eigenvalue weighted by atomic mass is 19.1. The molecule has 1 fully saturated rings. The minimum absolute atomic E-state index is 0.223. The van der Waals surface area contributed by atoms with Gasteiger partial charge in [0.15, 0.2) is 5.76 Å². The molecule has 0 unspecified atom stereocenters. The second kappa shape index (κ2) is 6.20. The Kier molecular flexibility index (Phi) is 3.90. The second-order valence-corrected chi connectivity index (χ2v) is 6.15. The summed E-state index contributed by atoms with van der Waals surface area (Å²) >= 11 is 0. The Morgan fingerprint density at radius 1 is 1.33 bits per heavy atom. The van der Waals surface area contributed by atoms with Crippen molar-refractivity contribution in [2.24, 2.45) is 0 Å². The van der Waals surface area contributed by atoms with Crippen LogP contribution in [0.5, 0.6) is 0 Å². The lowest BCUT2D eigenvalue weighted by molar-refractivity contribution is 0.204. The fraction of sp³-hybridized carbons (Fsp3) is 0.333. The Labute approximate surface area is 139 Å². The number of oxazole rings is 1. The number of rotatable bonds is 4. The predicted octanol–water partition coefficient (Wildman–Crippen LogP) is 4.11. The number of aryl methyl sites for hydroxylation is 1. The van der Waals surface area contributed by atoms with Gasteiger partial charge in [-0.1, -0.05) is 11.2 Å². The highest BCUT2D eigenvalue weighted by Gasteiger charge is 2.29. The molecule has 1 aromatic carbocycles. The summed E-state index contributed by atoms with van der Waals surface area (Å²) < 4.78 is 24.3. The fourth-order valence-electron chi connectivity index (χ4n) is 3.22. The van der Waals surface area contributed by atoms with Crippen molar-refractivity contribution in [3.63, 3.8) is 0 Å². The number of hydrogen-bond donors (Lipinski definition) is 0. The molecular weight excluding hydrogens is 309 g/mol. The van der Waals surface area contributed by atoms with Crippen LogP contribution in [0.3, 0.4) is 0 Å². The monoisotopic (exact) mass is 327 g/mol. The predicted molar refractivity (Wildman–Crippen MR) is 85.5 cm³/mol. The van der Waals surface area contributed by atoms with E-state index in [1.165, 1.54) is 12.1 Å². The first-order chi connectivity index (χ1) is 11.7. The zero-order valence-corrected chi connectivity index (χ0v) is 13.4. The minimum atomic E-state index is -0.299. The third-order valence-corrected chi connectivity index (χ3v) is 4.33. The number of likely N-dealkylation sites (tertiary alicyclic amines) is 1. The summed E-state index contributed by atoms with van der Waals surface area (Å²) in [6.07, 6.45) is 3.80. The molecule has 1 aliphatic heterocycles. The van der Waals surface area contributed by atoms with Crippen LogP contribution in [0, 0.1) is 12.7 Å². The Balaban J connectivity index is 1.51. The molecule has 0 aliphatic carbocycles. The van der Waals surface area contributed by atoms with E-state index in [1.807, 2.05) is 13.0 Å². The summed E-state index contributed by atoms with van der Waals surface area (Å²) in [6.45, 7) is 3.57. The molecule has 124 valence electrons. The van der Waals surface area contributed by atoms with Crippen LogP contribution in [0.25, 0.3) is 11.5 Å². The maximum Gasteiger partial charge on any atom is 0.226 e. The number of halogens is 1. The first-order valence-corrected chi connectivity index (χ1v) is 8.06. The van der Waals surface area contributed by atoms with E-state index in [0.717, 1.165) is 36.5 Å². The molecule has 0 amide bonds. The number of benzene rings is 1. The molecule has 5 nitrogen and oxygen atoms in total. The summed E-state index contributed by atoms with van der Waals surface area (Å²) in [5, 5.41) is 3.98. The van der Waals surface area contributed by atoms with Crippen molar-refractivity contribution >= 4 is 0 Å². The topological polar surface area (TPSA) is 55.3 Å². The van der Waals surface area contributed by atoms with E-state index in [9.17, 15) is 4.39 Å². The molecular formula is C18H18FN3O2. The molecule has 0 saturated carbocycles. The highest BCUT2D eigenvalue weighted by molar-refractivity contribution is 5.52. The number of hydrogen-bond acceptors (Lipinski definition) is 5. The van der Waals surface area contributed by atoms with Crippen molar-refractivity contribution in [3.8, 4) is 11.5 Å². The van der Waals surface area contributed by atoms with Crippen molar-refractivity contribution < 1.29 is 13.3 Å². The minimum Gasteiger partial charge on any atom is -0.444 e. The Morgan fingerprint density at radius 2 is 2.25 bits per heavy atom. The van der Waals surface area contributed by atoms with Gasteiger partial charge in [-0.3, -0.25) is 4.90 Å². The standard InChI is InChI=1S/C18H18FN3O2/c1-12-8-17(24-21-12)16-6-3-7-22(16)10-15-11-23-18(20-15)13-4-2-5-14(19)9-13/h2,4-5,8-9,11,16H,3,6-7,10H2,1H3/t16-/m0/s1. The number of aromatic nitrogens is 2. The summed E-state index contributed by atoms with van der Waals surface area (Å²) in [7, 11) is 0. The first-order valence-electron chi connectivity index (χ1n) is 8.06. The smallest absolute Gasteiger partial charge is 0.226 e. The Hall–Kier alpha value is -2.47. The summed E-state index contributed by atoms with van der Waals surface area (Å²) in [5.74, 6) is 1.04. The molecule has 24 heavy (non-hydrogen) atoms. The van der Waals surface area contributed by atoms with Crippen LogP contribution in [0.4, 0.5) is 4.39 Å². The van der Waals surface area contributed by atoms with Crippen molar-refractivity contribution in [2.75, 3.05) is 6.54 Å². The molecule has 3 heterocycles. The van der Waals surface area contributed by atoms with Crippen molar-refractivity contribution in [1.82, 2.24) is 15.0 Å². The largest absolute Gasteiger partial charge is 0.444 e. The molecule has 0 N–H and O–H groups in total. The lowest BCUT2D eigenvalue weighted by atomic mass is 10.1. The van der Waals surface area contributed by atoms with Gasteiger partial charge in [-0.05, 0) is 44.5 Å². The van der Waals surface area contributed by atoms with E-state index in [1.54, 1.807) is 18.4 Å². The molecule has 2 aromatic heterocycles. The van der Waals surface area contributed by atoms with Gasteiger partial charge in [0.25, 0.3) is 0 Å². The molecule has 1 atom stereocenters. The molecule has 0 spiro atoms. The van der Waals surface area contributed by atoms with E-state index >= 15 is 0 Å². The maximum absolute atomic E-state index is 13.3. The van der Waals surface area contributed by atoms with Crippen LogP contribution in [0.15, 0.2) is 45.5 Å². The van der Waals surface area contributed by atoms with Crippen molar-refractivity contribution in [3.05, 3.63) is 59.6 Å². The zero-order valence-electron chi connectivity index (χ0n) is 13.4. The van der Waals surface area contributed by atoms with Gasteiger partial charge in [-0.2, -0.15) is 0 Å². The highest BCUT2D eigenvalue weighted by Crippen LogP contribution is 2.33. The lowest BCUT2D eigenvalue weighted by Gasteiger charge is -2.20. The first kappa shape index (κ1) is 15.1.